The highest BCUT2D eigenvalue weighted by Crippen LogP contribution is 2.33. The van der Waals surface area contributed by atoms with Gasteiger partial charge in [-0.25, -0.2) is 14.8 Å². The van der Waals surface area contributed by atoms with Crippen molar-refractivity contribution in [2.24, 2.45) is 5.92 Å². The van der Waals surface area contributed by atoms with E-state index in [1.54, 1.807) is 14.8 Å². The van der Waals surface area contributed by atoms with Crippen LogP contribution < -0.4 is 5.01 Å². The standard InChI is InChI=1S/C34H47N5O5/c40-27-28-15-22-35(23-16-28)17-9-18-36-25-33(42)37(26-32(36)41)19-10-24-44-34(43)39(38-20-7-2-8-21-38)31-14-6-5-13-30(31)29-11-3-1-4-12-29/h1,3-6,11-14,28,40H,2,7-10,15-27H2. The van der Waals surface area contributed by atoms with Crippen LogP contribution >= 0.6 is 0 Å². The molecule has 44 heavy (non-hydrogen) atoms. The summed E-state index contributed by atoms with van der Waals surface area (Å²) < 4.78 is 5.79. The molecule has 0 aliphatic carbocycles. The molecule has 2 aromatic carbocycles. The number of ether oxygens (including phenoxy) is 1. The molecule has 238 valence electrons. The van der Waals surface area contributed by atoms with Crippen LogP contribution in [-0.2, 0) is 14.3 Å². The molecular weight excluding hydrogens is 558 g/mol. The molecule has 3 aliphatic rings. The lowest BCUT2D eigenvalue weighted by molar-refractivity contribution is -0.150. The molecule has 10 nitrogen and oxygen atoms in total. The summed E-state index contributed by atoms with van der Waals surface area (Å²) in [5.74, 6) is 0.313. The molecule has 3 heterocycles. The van der Waals surface area contributed by atoms with Crippen molar-refractivity contribution in [3.63, 3.8) is 0 Å². The van der Waals surface area contributed by atoms with Crippen LogP contribution in [0, 0.1) is 5.92 Å². The Kier molecular flexibility index (Phi) is 11.6. The van der Waals surface area contributed by atoms with E-state index in [1.165, 1.54) is 0 Å². The summed E-state index contributed by atoms with van der Waals surface area (Å²) in [7, 11) is 0. The highest BCUT2D eigenvalue weighted by Gasteiger charge is 2.31. The van der Waals surface area contributed by atoms with E-state index in [1.807, 2.05) is 54.6 Å². The molecule has 3 saturated heterocycles. The van der Waals surface area contributed by atoms with Crippen molar-refractivity contribution in [2.75, 3.05) is 77.1 Å². The van der Waals surface area contributed by atoms with Gasteiger partial charge in [-0.05, 0) is 75.7 Å². The van der Waals surface area contributed by atoms with E-state index >= 15 is 0 Å². The van der Waals surface area contributed by atoms with Gasteiger partial charge in [0.1, 0.15) is 0 Å². The van der Waals surface area contributed by atoms with Gasteiger partial charge in [0.25, 0.3) is 0 Å². The summed E-state index contributed by atoms with van der Waals surface area (Å²) in [5.41, 5.74) is 2.78. The predicted molar refractivity (Wildman–Crippen MR) is 170 cm³/mol. The van der Waals surface area contributed by atoms with Crippen molar-refractivity contribution >= 4 is 23.6 Å². The van der Waals surface area contributed by atoms with E-state index in [9.17, 15) is 19.5 Å². The number of hydrazine groups is 1. The average molecular weight is 606 g/mol. The van der Waals surface area contributed by atoms with Crippen molar-refractivity contribution in [3.8, 4) is 11.1 Å². The number of benzene rings is 2. The Labute approximate surface area is 261 Å². The van der Waals surface area contributed by atoms with Gasteiger partial charge in [0.2, 0.25) is 11.8 Å². The molecule has 3 aliphatic heterocycles. The minimum Gasteiger partial charge on any atom is -0.448 e. The van der Waals surface area contributed by atoms with Crippen molar-refractivity contribution in [1.29, 1.82) is 0 Å². The van der Waals surface area contributed by atoms with E-state index in [0.29, 0.717) is 25.4 Å². The fraction of sp³-hybridized carbons (Fsp3) is 0.559. The zero-order chi connectivity index (χ0) is 30.7. The van der Waals surface area contributed by atoms with Crippen molar-refractivity contribution in [2.45, 2.75) is 44.9 Å². The number of piperidine rings is 2. The number of carbonyl (C=O) groups is 3. The highest BCUT2D eigenvalue weighted by atomic mass is 16.6. The van der Waals surface area contributed by atoms with E-state index in [-0.39, 0.29) is 38.1 Å². The Bertz CT molecular complexity index is 1230. The normalized spacial score (nSPS) is 18.9. The zero-order valence-corrected chi connectivity index (χ0v) is 25.8. The van der Waals surface area contributed by atoms with E-state index in [2.05, 4.69) is 9.91 Å². The number of hydrogen-bond acceptors (Lipinski definition) is 7. The number of carbonyl (C=O) groups excluding carboxylic acids is 3. The van der Waals surface area contributed by atoms with Crippen molar-refractivity contribution < 1.29 is 24.2 Å². The van der Waals surface area contributed by atoms with Crippen LogP contribution in [-0.4, -0.2) is 115 Å². The van der Waals surface area contributed by atoms with Gasteiger partial charge in [-0.2, -0.15) is 0 Å². The van der Waals surface area contributed by atoms with Crippen LogP contribution in [0.15, 0.2) is 54.6 Å². The Morgan fingerprint density at radius 2 is 1.43 bits per heavy atom. The average Bonchev–Trinajstić information content (AvgIpc) is 3.06. The maximum atomic E-state index is 13.6. The van der Waals surface area contributed by atoms with E-state index in [0.717, 1.165) is 88.1 Å². The van der Waals surface area contributed by atoms with Gasteiger partial charge >= 0.3 is 6.09 Å². The monoisotopic (exact) mass is 605 g/mol. The van der Waals surface area contributed by atoms with Crippen LogP contribution in [0.1, 0.15) is 44.9 Å². The number of aliphatic hydroxyl groups is 1. The third-order valence-corrected chi connectivity index (χ3v) is 9.03. The molecule has 0 bridgehead atoms. The molecule has 0 radical (unpaired) electrons. The second-order valence-electron chi connectivity index (χ2n) is 12.1. The summed E-state index contributed by atoms with van der Waals surface area (Å²) in [6.45, 7) is 5.95. The third-order valence-electron chi connectivity index (χ3n) is 9.03. The summed E-state index contributed by atoms with van der Waals surface area (Å²) in [5, 5.41) is 13.1. The van der Waals surface area contributed by atoms with Gasteiger partial charge in [0.15, 0.2) is 0 Å². The van der Waals surface area contributed by atoms with Crippen LogP contribution in [0.4, 0.5) is 10.5 Å². The summed E-state index contributed by atoms with van der Waals surface area (Å²) >= 11 is 0. The van der Waals surface area contributed by atoms with Crippen LogP contribution in [0.2, 0.25) is 0 Å². The highest BCUT2D eigenvalue weighted by molar-refractivity contribution is 5.93. The first-order chi connectivity index (χ1) is 21.5. The van der Waals surface area contributed by atoms with E-state index < -0.39 is 6.09 Å². The van der Waals surface area contributed by atoms with Gasteiger partial charge in [-0.1, -0.05) is 55.0 Å². The number of amides is 3. The molecule has 0 atom stereocenters. The lowest BCUT2D eigenvalue weighted by atomic mass is 9.98. The Morgan fingerprint density at radius 1 is 0.795 bits per heavy atom. The lowest BCUT2D eigenvalue weighted by Gasteiger charge is -2.37. The molecule has 2 aromatic rings. The van der Waals surface area contributed by atoms with Crippen molar-refractivity contribution in [3.05, 3.63) is 54.6 Å². The minimum atomic E-state index is -0.428. The molecular formula is C34H47N5O5. The second-order valence-corrected chi connectivity index (χ2v) is 12.1. The zero-order valence-electron chi connectivity index (χ0n) is 25.8. The lowest BCUT2D eigenvalue weighted by Crippen LogP contribution is -2.54. The largest absolute Gasteiger partial charge is 0.448 e. The Morgan fingerprint density at radius 3 is 2.11 bits per heavy atom. The number of hydrogen-bond donors (Lipinski definition) is 1. The third kappa shape index (κ3) is 8.37. The fourth-order valence-electron chi connectivity index (χ4n) is 6.43. The quantitative estimate of drug-likeness (QED) is 0.367. The number of aliphatic hydroxyl groups excluding tert-OH is 1. The fourth-order valence-corrected chi connectivity index (χ4v) is 6.43. The van der Waals surface area contributed by atoms with Gasteiger partial charge in [0.05, 0.1) is 25.4 Å². The molecule has 0 aromatic heterocycles. The minimum absolute atomic E-state index is 0.0330. The number of piperazine rings is 1. The van der Waals surface area contributed by atoms with Gasteiger partial charge < -0.3 is 24.5 Å². The second kappa shape index (κ2) is 16.0. The summed E-state index contributed by atoms with van der Waals surface area (Å²) in [6.07, 6.45) is 6.07. The number of rotatable bonds is 12. The van der Waals surface area contributed by atoms with Crippen LogP contribution in [0.5, 0.6) is 0 Å². The molecule has 0 saturated carbocycles. The number of para-hydroxylation sites is 1. The summed E-state index contributed by atoms with van der Waals surface area (Å²) in [4.78, 5) is 44.9. The summed E-state index contributed by atoms with van der Waals surface area (Å²) in [6, 6.07) is 17.9. The maximum absolute atomic E-state index is 13.6. The number of anilines is 1. The maximum Gasteiger partial charge on any atom is 0.429 e. The van der Waals surface area contributed by atoms with Crippen LogP contribution in [0.25, 0.3) is 11.1 Å². The van der Waals surface area contributed by atoms with Crippen LogP contribution in [0.3, 0.4) is 0 Å². The van der Waals surface area contributed by atoms with Gasteiger partial charge in [-0.15, -0.1) is 0 Å². The molecule has 3 amide bonds. The first-order valence-electron chi connectivity index (χ1n) is 16.3. The Hall–Kier alpha value is -3.47. The Balaban J connectivity index is 1.10. The molecule has 5 rings (SSSR count). The molecule has 1 N–H and O–H groups in total. The topological polar surface area (TPSA) is 96.9 Å². The predicted octanol–water partition coefficient (Wildman–Crippen LogP) is 3.85. The molecule has 0 unspecified atom stereocenters. The first-order valence-corrected chi connectivity index (χ1v) is 16.3. The SMILES string of the molecule is O=C1CN(CCCN2CCC(CO)CC2)C(=O)CN1CCCOC(=O)N(c1ccccc1-c1ccccc1)N1CCCCC1. The number of nitrogens with zero attached hydrogens (tertiary/aromatic N) is 5. The van der Waals surface area contributed by atoms with E-state index in [4.69, 9.17) is 4.74 Å². The molecule has 10 heteroatoms. The first kappa shape index (κ1) is 31.9. The number of likely N-dealkylation sites (tertiary alicyclic amines) is 1. The van der Waals surface area contributed by atoms with Gasteiger partial charge in [-0.3, -0.25) is 9.59 Å². The smallest absolute Gasteiger partial charge is 0.429 e. The molecule has 0 spiro atoms. The molecule has 3 fully saturated rings. The van der Waals surface area contributed by atoms with Crippen molar-refractivity contribution in [1.82, 2.24) is 19.7 Å². The van der Waals surface area contributed by atoms with Gasteiger partial charge in [0, 0.05) is 38.3 Å².